The molecule has 0 aliphatic rings. The van der Waals surface area contributed by atoms with Crippen LogP contribution in [-0.2, 0) is 0 Å². The number of rotatable bonds is 8. The molecule has 0 heterocycles. The lowest BCUT2D eigenvalue weighted by Crippen LogP contribution is -2.40. The molecule has 2 atom stereocenters. The maximum atomic E-state index is 9.98. The van der Waals surface area contributed by atoms with Gasteiger partial charge in [-0.15, -0.1) is 0 Å². The van der Waals surface area contributed by atoms with E-state index in [-0.39, 0.29) is 0 Å². The lowest BCUT2D eigenvalue weighted by Gasteiger charge is -2.22. The standard InChI is InChI=1S/C16H26BrNO2/c1-5-15(11(2)3)18-9-13(19)10-20-16-7-6-12(4)8-14(16)17/h6-8,11,13,15,18-19H,5,9-10H2,1-4H3. The third-order valence-electron chi connectivity index (χ3n) is 3.38. The summed E-state index contributed by atoms with van der Waals surface area (Å²) >= 11 is 3.47. The third-order valence-corrected chi connectivity index (χ3v) is 4.00. The molecule has 0 aliphatic heterocycles. The molecule has 0 aromatic heterocycles. The van der Waals surface area contributed by atoms with Gasteiger partial charge in [0, 0.05) is 12.6 Å². The minimum atomic E-state index is -0.504. The quantitative estimate of drug-likeness (QED) is 0.758. The van der Waals surface area contributed by atoms with Gasteiger partial charge in [-0.05, 0) is 52.9 Å². The number of halogens is 1. The van der Waals surface area contributed by atoms with Gasteiger partial charge in [-0.3, -0.25) is 0 Å². The van der Waals surface area contributed by atoms with Crippen LogP contribution in [0.5, 0.6) is 5.75 Å². The van der Waals surface area contributed by atoms with E-state index in [2.05, 4.69) is 42.0 Å². The van der Waals surface area contributed by atoms with Crippen molar-refractivity contribution in [3.05, 3.63) is 28.2 Å². The normalized spacial score (nSPS) is 14.3. The summed E-state index contributed by atoms with van der Waals surface area (Å²) in [7, 11) is 0. The molecule has 20 heavy (non-hydrogen) atoms. The van der Waals surface area contributed by atoms with Gasteiger partial charge in [0.25, 0.3) is 0 Å². The van der Waals surface area contributed by atoms with Gasteiger partial charge in [-0.1, -0.05) is 26.8 Å². The van der Waals surface area contributed by atoms with Crippen LogP contribution in [0.2, 0.25) is 0 Å². The molecule has 1 aromatic rings. The summed E-state index contributed by atoms with van der Waals surface area (Å²) in [5.74, 6) is 1.34. The van der Waals surface area contributed by atoms with Gasteiger partial charge in [0.2, 0.25) is 0 Å². The van der Waals surface area contributed by atoms with Gasteiger partial charge in [0.05, 0.1) is 4.47 Å². The number of benzene rings is 1. The van der Waals surface area contributed by atoms with Crippen LogP contribution in [0.15, 0.2) is 22.7 Å². The van der Waals surface area contributed by atoms with Crippen molar-refractivity contribution in [3.8, 4) is 5.75 Å². The van der Waals surface area contributed by atoms with Crippen molar-refractivity contribution in [3.63, 3.8) is 0 Å². The highest BCUT2D eigenvalue weighted by molar-refractivity contribution is 9.10. The average molecular weight is 344 g/mol. The Kier molecular flexibility index (Phi) is 7.56. The van der Waals surface area contributed by atoms with E-state index in [0.717, 1.165) is 16.6 Å². The van der Waals surface area contributed by atoms with Crippen LogP contribution in [0.3, 0.4) is 0 Å². The van der Waals surface area contributed by atoms with Crippen molar-refractivity contribution >= 4 is 15.9 Å². The first-order valence-electron chi connectivity index (χ1n) is 7.24. The van der Waals surface area contributed by atoms with E-state index in [1.165, 1.54) is 5.56 Å². The van der Waals surface area contributed by atoms with Crippen molar-refractivity contribution in [2.24, 2.45) is 5.92 Å². The second-order valence-electron chi connectivity index (χ2n) is 5.57. The Bertz CT molecular complexity index is 409. The van der Waals surface area contributed by atoms with Crippen LogP contribution in [-0.4, -0.2) is 30.4 Å². The Morgan fingerprint density at radius 3 is 2.60 bits per heavy atom. The maximum absolute atomic E-state index is 9.98. The molecule has 4 heteroatoms. The molecule has 2 N–H and O–H groups in total. The second kappa shape index (κ2) is 8.65. The Balaban J connectivity index is 2.37. The Labute approximate surface area is 130 Å². The van der Waals surface area contributed by atoms with Crippen molar-refractivity contribution in [2.75, 3.05) is 13.2 Å². The average Bonchev–Trinajstić information content (AvgIpc) is 2.38. The largest absolute Gasteiger partial charge is 0.490 e. The molecule has 0 spiro atoms. The van der Waals surface area contributed by atoms with E-state index in [4.69, 9.17) is 4.74 Å². The molecular weight excluding hydrogens is 318 g/mol. The van der Waals surface area contributed by atoms with E-state index >= 15 is 0 Å². The molecule has 0 bridgehead atoms. The monoisotopic (exact) mass is 343 g/mol. The predicted octanol–water partition coefficient (Wildman–Crippen LogP) is 3.52. The van der Waals surface area contributed by atoms with Crippen molar-refractivity contribution in [1.82, 2.24) is 5.32 Å². The number of aliphatic hydroxyl groups excluding tert-OH is 1. The summed E-state index contributed by atoms with van der Waals surface area (Å²) in [5, 5.41) is 13.4. The molecule has 1 aromatic carbocycles. The van der Waals surface area contributed by atoms with E-state index in [9.17, 15) is 5.11 Å². The minimum absolute atomic E-state index is 0.295. The Hall–Kier alpha value is -0.580. The van der Waals surface area contributed by atoms with E-state index in [1.807, 2.05) is 25.1 Å². The maximum Gasteiger partial charge on any atom is 0.133 e. The number of aliphatic hydroxyl groups is 1. The van der Waals surface area contributed by atoms with Crippen molar-refractivity contribution in [2.45, 2.75) is 46.3 Å². The molecule has 3 nitrogen and oxygen atoms in total. The number of ether oxygens (including phenoxy) is 1. The van der Waals surface area contributed by atoms with Crippen LogP contribution in [0.4, 0.5) is 0 Å². The van der Waals surface area contributed by atoms with Crippen LogP contribution in [0, 0.1) is 12.8 Å². The zero-order valence-electron chi connectivity index (χ0n) is 12.8. The fourth-order valence-electron chi connectivity index (χ4n) is 2.11. The first-order chi connectivity index (χ1) is 9.43. The lowest BCUT2D eigenvalue weighted by atomic mass is 10.0. The first kappa shape index (κ1) is 17.5. The number of nitrogens with one attached hydrogen (secondary N) is 1. The summed E-state index contributed by atoms with van der Waals surface area (Å²) in [6.45, 7) is 9.42. The first-order valence-corrected chi connectivity index (χ1v) is 8.03. The molecular formula is C16H26BrNO2. The van der Waals surface area contributed by atoms with Gasteiger partial charge >= 0.3 is 0 Å². The van der Waals surface area contributed by atoms with Gasteiger partial charge in [-0.25, -0.2) is 0 Å². The number of aryl methyl sites for hydroxylation is 1. The summed E-state index contributed by atoms with van der Waals surface area (Å²) in [6, 6.07) is 6.36. The SMILES string of the molecule is CCC(NCC(O)COc1ccc(C)cc1Br)C(C)C. The molecule has 114 valence electrons. The molecule has 0 saturated carbocycles. The van der Waals surface area contributed by atoms with Gasteiger partial charge in [-0.2, -0.15) is 0 Å². The molecule has 0 radical (unpaired) electrons. The fourth-order valence-corrected chi connectivity index (χ4v) is 2.71. The van der Waals surface area contributed by atoms with Crippen LogP contribution >= 0.6 is 15.9 Å². The summed E-state index contributed by atoms with van der Waals surface area (Å²) in [5.41, 5.74) is 1.18. The van der Waals surface area contributed by atoms with Gasteiger partial charge in [0.1, 0.15) is 18.5 Å². The highest BCUT2D eigenvalue weighted by Crippen LogP contribution is 2.25. The summed E-state index contributed by atoms with van der Waals surface area (Å²) in [4.78, 5) is 0. The fraction of sp³-hybridized carbons (Fsp3) is 0.625. The molecule has 0 saturated heterocycles. The van der Waals surface area contributed by atoms with Gasteiger partial charge < -0.3 is 15.2 Å². The zero-order chi connectivity index (χ0) is 15.1. The second-order valence-corrected chi connectivity index (χ2v) is 6.42. The predicted molar refractivity (Wildman–Crippen MR) is 87.3 cm³/mol. The number of hydrogen-bond acceptors (Lipinski definition) is 3. The van der Waals surface area contributed by atoms with Crippen LogP contribution in [0.1, 0.15) is 32.8 Å². The van der Waals surface area contributed by atoms with Gasteiger partial charge in [0.15, 0.2) is 0 Å². The number of hydrogen-bond donors (Lipinski definition) is 2. The van der Waals surface area contributed by atoms with Crippen LogP contribution < -0.4 is 10.1 Å². The summed E-state index contributed by atoms with van der Waals surface area (Å²) in [6.07, 6.45) is 0.561. The zero-order valence-corrected chi connectivity index (χ0v) is 14.4. The van der Waals surface area contributed by atoms with E-state index in [1.54, 1.807) is 0 Å². The Morgan fingerprint density at radius 2 is 2.05 bits per heavy atom. The highest BCUT2D eigenvalue weighted by atomic mass is 79.9. The van der Waals surface area contributed by atoms with E-state index in [0.29, 0.717) is 25.1 Å². The molecule has 2 unspecified atom stereocenters. The Morgan fingerprint density at radius 1 is 1.35 bits per heavy atom. The minimum Gasteiger partial charge on any atom is -0.490 e. The van der Waals surface area contributed by atoms with Crippen LogP contribution in [0.25, 0.3) is 0 Å². The topological polar surface area (TPSA) is 41.5 Å². The molecule has 0 aliphatic carbocycles. The molecule has 1 rings (SSSR count). The van der Waals surface area contributed by atoms with Crippen molar-refractivity contribution < 1.29 is 9.84 Å². The van der Waals surface area contributed by atoms with Crippen molar-refractivity contribution in [1.29, 1.82) is 0 Å². The molecule has 0 fully saturated rings. The van der Waals surface area contributed by atoms with E-state index < -0.39 is 6.10 Å². The highest BCUT2D eigenvalue weighted by Gasteiger charge is 2.13. The molecule has 0 amide bonds. The summed E-state index contributed by atoms with van der Waals surface area (Å²) < 4.78 is 6.57. The smallest absolute Gasteiger partial charge is 0.133 e. The lowest BCUT2D eigenvalue weighted by molar-refractivity contribution is 0.101. The third kappa shape index (κ3) is 5.81.